The van der Waals surface area contributed by atoms with Crippen LogP contribution in [0, 0.1) is 6.92 Å². The molecule has 5 nitrogen and oxygen atoms in total. The Bertz CT molecular complexity index is 548. The maximum atomic E-state index is 12.2. The number of para-hydroxylation sites is 1. The van der Waals surface area contributed by atoms with Crippen LogP contribution in [0.1, 0.15) is 24.8 Å². The van der Waals surface area contributed by atoms with Crippen molar-refractivity contribution in [3.63, 3.8) is 0 Å². The lowest BCUT2D eigenvalue weighted by atomic mass is 10.1. The van der Waals surface area contributed by atoms with Crippen molar-refractivity contribution in [2.45, 2.75) is 26.2 Å². The molecule has 3 rings (SSSR count). The highest BCUT2D eigenvalue weighted by Crippen LogP contribution is 2.20. The third-order valence-corrected chi connectivity index (χ3v) is 5.39. The van der Waals surface area contributed by atoms with Crippen molar-refractivity contribution in [2.75, 3.05) is 63.8 Å². The van der Waals surface area contributed by atoms with Gasteiger partial charge in [-0.15, -0.1) is 0 Å². The molecular weight excluding hydrogens is 312 g/mol. The maximum Gasteiger partial charge on any atom is 0.234 e. The van der Waals surface area contributed by atoms with E-state index in [9.17, 15) is 4.79 Å². The summed E-state index contributed by atoms with van der Waals surface area (Å²) in [5, 5.41) is 3.09. The number of piperazine rings is 1. The van der Waals surface area contributed by atoms with E-state index in [0.29, 0.717) is 6.54 Å². The number of hydrogen-bond donors (Lipinski definition) is 1. The molecule has 0 saturated carbocycles. The van der Waals surface area contributed by atoms with E-state index in [-0.39, 0.29) is 5.91 Å². The number of piperidine rings is 1. The van der Waals surface area contributed by atoms with Gasteiger partial charge in [0.05, 0.1) is 6.54 Å². The number of amides is 1. The minimum Gasteiger partial charge on any atom is -0.369 e. The summed E-state index contributed by atoms with van der Waals surface area (Å²) in [5.74, 6) is 0.168. The summed E-state index contributed by atoms with van der Waals surface area (Å²) in [6.45, 7) is 10.7. The van der Waals surface area contributed by atoms with Crippen molar-refractivity contribution in [1.82, 2.24) is 15.1 Å². The molecule has 0 atom stereocenters. The van der Waals surface area contributed by atoms with Crippen LogP contribution in [0.2, 0.25) is 0 Å². The van der Waals surface area contributed by atoms with Gasteiger partial charge in [-0.25, -0.2) is 0 Å². The van der Waals surface area contributed by atoms with Gasteiger partial charge in [0.25, 0.3) is 0 Å². The monoisotopic (exact) mass is 344 g/mol. The van der Waals surface area contributed by atoms with E-state index in [1.54, 1.807) is 0 Å². The van der Waals surface area contributed by atoms with Gasteiger partial charge in [0.2, 0.25) is 5.91 Å². The fourth-order valence-corrected chi connectivity index (χ4v) is 3.86. The first-order chi connectivity index (χ1) is 12.2. The molecule has 1 amide bonds. The molecule has 0 bridgehead atoms. The number of anilines is 1. The largest absolute Gasteiger partial charge is 0.369 e. The van der Waals surface area contributed by atoms with Crippen molar-refractivity contribution in [2.24, 2.45) is 0 Å². The fourth-order valence-electron chi connectivity index (χ4n) is 3.86. The van der Waals surface area contributed by atoms with Crippen LogP contribution in [0.3, 0.4) is 0 Å². The lowest BCUT2D eigenvalue weighted by Crippen LogP contribution is -2.50. The number of hydrogen-bond acceptors (Lipinski definition) is 4. The van der Waals surface area contributed by atoms with Crippen LogP contribution in [-0.2, 0) is 4.79 Å². The molecule has 1 aromatic rings. The topological polar surface area (TPSA) is 38.8 Å². The van der Waals surface area contributed by atoms with Crippen LogP contribution in [0.15, 0.2) is 24.3 Å². The van der Waals surface area contributed by atoms with E-state index >= 15 is 0 Å². The molecule has 25 heavy (non-hydrogen) atoms. The molecule has 2 fully saturated rings. The molecule has 1 N–H and O–H groups in total. The molecule has 0 unspecified atom stereocenters. The van der Waals surface area contributed by atoms with Crippen LogP contribution in [0.5, 0.6) is 0 Å². The predicted molar refractivity (Wildman–Crippen MR) is 103 cm³/mol. The summed E-state index contributed by atoms with van der Waals surface area (Å²) in [4.78, 5) is 19.3. The highest BCUT2D eigenvalue weighted by molar-refractivity contribution is 5.78. The molecule has 1 aromatic carbocycles. The van der Waals surface area contributed by atoms with Gasteiger partial charge in [0.15, 0.2) is 0 Å². The molecule has 5 heteroatoms. The fraction of sp³-hybridized carbons (Fsp3) is 0.650. The Hall–Kier alpha value is -1.59. The highest BCUT2D eigenvalue weighted by atomic mass is 16.2. The molecule has 2 aliphatic heterocycles. The van der Waals surface area contributed by atoms with E-state index in [1.165, 1.54) is 43.6 Å². The normalized spacial score (nSPS) is 19.8. The second-order valence-electron chi connectivity index (χ2n) is 7.30. The van der Waals surface area contributed by atoms with Crippen LogP contribution < -0.4 is 10.2 Å². The van der Waals surface area contributed by atoms with Gasteiger partial charge < -0.3 is 15.1 Å². The summed E-state index contributed by atoms with van der Waals surface area (Å²) in [6.07, 6.45) is 3.97. The Kier molecular flexibility index (Phi) is 6.70. The Balaban J connectivity index is 1.34. The molecule has 2 heterocycles. The molecule has 138 valence electrons. The van der Waals surface area contributed by atoms with E-state index < -0.39 is 0 Å². The SMILES string of the molecule is Cc1ccccc1N1CCN(CC(=O)NCCN2CCCCC2)CC1. The van der Waals surface area contributed by atoms with Gasteiger partial charge in [-0.2, -0.15) is 0 Å². The average Bonchev–Trinajstić information content (AvgIpc) is 2.64. The van der Waals surface area contributed by atoms with E-state index in [2.05, 4.69) is 51.2 Å². The maximum absolute atomic E-state index is 12.2. The zero-order valence-corrected chi connectivity index (χ0v) is 15.5. The summed E-state index contributed by atoms with van der Waals surface area (Å²) >= 11 is 0. The number of nitrogens with one attached hydrogen (secondary N) is 1. The number of aryl methyl sites for hydroxylation is 1. The van der Waals surface area contributed by atoms with Crippen molar-refractivity contribution >= 4 is 11.6 Å². The van der Waals surface area contributed by atoms with E-state index in [4.69, 9.17) is 0 Å². The zero-order chi connectivity index (χ0) is 17.5. The molecule has 0 aromatic heterocycles. The molecular formula is C20H32N4O. The number of carbonyl (C=O) groups excluding carboxylic acids is 1. The highest BCUT2D eigenvalue weighted by Gasteiger charge is 2.20. The standard InChI is InChI=1S/C20H32N4O/c1-18-7-3-4-8-19(18)24-15-13-23(14-16-24)17-20(25)21-9-12-22-10-5-2-6-11-22/h3-4,7-8H,2,5-6,9-17H2,1H3,(H,21,25). The van der Waals surface area contributed by atoms with Crippen LogP contribution in [0.25, 0.3) is 0 Å². The Morgan fingerprint density at radius 2 is 1.68 bits per heavy atom. The molecule has 0 spiro atoms. The summed E-state index contributed by atoms with van der Waals surface area (Å²) in [6, 6.07) is 8.55. The second-order valence-corrected chi connectivity index (χ2v) is 7.30. The predicted octanol–water partition coefficient (Wildman–Crippen LogP) is 1.72. The van der Waals surface area contributed by atoms with Gasteiger partial charge in [0, 0.05) is 45.0 Å². The number of carbonyl (C=O) groups is 1. The van der Waals surface area contributed by atoms with Gasteiger partial charge in [-0.1, -0.05) is 24.6 Å². The summed E-state index contributed by atoms with van der Waals surface area (Å²) in [5.41, 5.74) is 2.65. The van der Waals surface area contributed by atoms with E-state index in [1.807, 2.05) is 0 Å². The minimum absolute atomic E-state index is 0.168. The summed E-state index contributed by atoms with van der Waals surface area (Å²) in [7, 11) is 0. The Morgan fingerprint density at radius 3 is 2.40 bits per heavy atom. The van der Waals surface area contributed by atoms with Crippen LogP contribution in [-0.4, -0.2) is 74.6 Å². The number of nitrogens with zero attached hydrogens (tertiary/aromatic N) is 3. The number of rotatable bonds is 6. The first-order valence-corrected chi connectivity index (χ1v) is 9.74. The first kappa shape index (κ1) is 18.2. The van der Waals surface area contributed by atoms with Crippen molar-refractivity contribution in [3.05, 3.63) is 29.8 Å². The molecule has 0 radical (unpaired) electrons. The van der Waals surface area contributed by atoms with E-state index in [0.717, 1.165) is 39.3 Å². The van der Waals surface area contributed by atoms with Crippen molar-refractivity contribution < 1.29 is 4.79 Å². The zero-order valence-electron chi connectivity index (χ0n) is 15.5. The average molecular weight is 345 g/mol. The number of benzene rings is 1. The van der Waals surface area contributed by atoms with Gasteiger partial charge in [-0.05, 0) is 44.5 Å². The van der Waals surface area contributed by atoms with Gasteiger partial charge in [-0.3, -0.25) is 9.69 Å². The lowest BCUT2D eigenvalue weighted by molar-refractivity contribution is -0.122. The second kappa shape index (κ2) is 9.20. The molecule has 2 aliphatic rings. The lowest BCUT2D eigenvalue weighted by Gasteiger charge is -2.36. The Morgan fingerprint density at radius 1 is 0.960 bits per heavy atom. The first-order valence-electron chi connectivity index (χ1n) is 9.74. The Labute approximate surface area is 152 Å². The summed E-state index contributed by atoms with van der Waals surface area (Å²) < 4.78 is 0. The van der Waals surface area contributed by atoms with Crippen molar-refractivity contribution in [3.8, 4) is 0 Å². The third-order valence-electron chi connectivity index (χ3n) is 5.39. The minimum atomic E-state index is 0.168. The third kappa shape index (κ3) is 5.44. The molecule has 0 aliphatic carbocycles. The number of likely N-dealkylation sites (tertiary alicyclic amines) is 1. The van der Waals surface area contributed by atoms with Crippen LogP contribution in [0.4, 0.5) is 5.69 Å². The van der Waals surface area contributed by atoms with Crippen molar-refractivity contribution in [1.29, 1.82) is 0 Å². The van der Waals surface area contributed by atoms with Gasteiger partial charge in [0.1, 0.15) is 0 Å². The smallest absolute Gasteiger partial charge is 0.234 e. The van der Waals surface area contributed by atoms with Gasteiger partial charge >= 0.3 is 0 Å². The molecule has 2 saturated heterocycles. The quantitative estimate of drug-likeness (QED) is 0.853. The van der Waals surface area contributed by atoms with Crippen LogP contribution >= 0.6 is 0 Å².